The van der Waals surface area contributed by atoms with Crippen LogP contribution in [0.3, 0.4) is 0 Å². The average molecular weight is 282 g/mol. The molecule has 4 nitrogen and oxygen atoms in total. The Balaban J connectivity index is 2.04. The van der Waals surface area contributed by atoms with Crippen molar-refractivity contribution in [2.75, 3.05) is 13.1 Å². The highest BCUT2D eigenvalue weighted by Crippen LogP contribution is 2.17. The molecule has 1 saturated heterocycles. The summed E-state index contributed by atoms with van der Waals surface area (Å²) in [7, 11) is 0. The predicted molar refractivity (Wildman–Crippen MR) is 72.4 cm³/mol. The Labute approximate surface area is 117 Å². The van der Waals surface area contributed by atoms with Crippen LogP contribution in [-0.2, 0) is 4.74 Å². The minimum Gasteiger partial charge on any atom is -0.372 e. The summed E-state index contributed by atoms with van der Waals surface area (Å²) in [5.41, 5.74) is 1.07. The molecule has 0 aromatic heterocycles. The van der Waals surface area contributed by atoms with Crippen LogP contribution in [0, 0.1) is 6.92 Å². The number of likely N-dealkylation sites (tertiary alicyclic amines) is 1. The molecule has 0 atom stereocenters. The highest BCUT2D eigenvalue weighted by molar-refractivity contribution is 6.31. The molecule has 102 valence electrons. The number of hydrogen-bond donors (Lipinski definition) is 0. The Morgan fingerprint density at radius 3 is 2.58 bits per heavy atom. The first-order chi connectivity index (χ1) is 9.08. The molecule has 0 radical (unpaired) electrons. The van der Waals surface area contributed by atoms with Gasteiger partial charge in [0.05, 0.1) is 5.56 Å². The van der Waals surface area contributed by atoms with E-state index in [1.54, 1.807) is 24.0 Å². The van der Waals surface area contributed by atoms with Crippen LogP contribution in [0.5, 0.6) is 0 Å². The van der Waals surface area contributed by atoms with E-state index in [4.69, 9.17) is 16.3 Å². The van der Waals surface area contributed by atoms with Crippen molar-refractivity contribution < 1.29 is 14.3 Å². The van der Waals surface area contributed by atoms with Crippen LogP contribution in [0.25, 0.3) is 0 Å². The molecule has 0 N–H and O–H groups in total. The van der Waals surface area contributed by atoms with E-state index in [1.807, 2.05) is 0 Å². The fraction of sp³-hybridized carbons (Fsp3) is 0.429. The maximum atomic E-state index is 11.9. The molecule has 1 aromatic carbocycles. The first-order valence-corrected chi connectivity index (χ1v) is 6.73. The number of carbonyl (C=O) groups is 2. The van der Waals surface area contributed by atoms with E-state index in [0.29, 0.717) is 23.7 Å². The van der Waals surface area contributed by atoms with Crippen LogP contribution in [-0.4, -0.2) is 30.1 Å². The highest BCUT2D eigenvalue weighted by atomic mass is 35.5. The van der Waals surface area contributed by atoms with Crippen molar-refractivity contribution in [2.24, 2.45) is 0 Å². The van der Waals surface area contributed by atoms with Gasteiger partial charge in [-0.2, -0.15) is 0 Å². The van der Waals surface area contributed by atoms with Crippen LogP contribution in [0.15, 0.2) is 18.2 Å². The number of nitrogens with zero attached hydrogens (tertiary/aromatic N) is 1. The van der Waals surface area contributed by atoms with Crippen molar-refractivity contribution in [3.05, 3.63) is 34.3 Å². The van der Waals surface area contributed by atoms with Gasteiger partial charge < -0.3 is 9.64 Å². The minimum absolute atomic E-state index is 0.331. The number of benzene rings is 1. The molecule has 1 amide bonds. The summed E-state index contributed by atoms with van der Waals surface area (Å²) < 4.78 is 4.90. The van der Waals surface area contributed by atoms with E-state index in [9.17, 15) is 9.59 Å². The third kappa shape index (κ3) is 3.47. The topological polar surface area (TPSA) is 46.6 Å². The van der Waals surface area contributed by atoms with Gasteiger partial charge in [0.2, 0.25) is 0 Å². The molecule has 19 heavy (non-hydrogen) atoms. The summed E-state index contributed by atoms with van der Waals surface area (Å²) in [6.45, 7) is 3.08. The molecule has 1 fully saturated rings. The summed E-state index contributed by atoms with van der Waals surface area (Å²) in [6, 6.07) is 4.94. The van der Waals surface area contributed by atoms with Crippen LogP contribution in [0.2, 0.25) is 5.02 Å². The van der Waals surface area contributed by atoms with E-state index in [2.05, 4.69) is 0 Å². The van der Waals surface area contributed by atoms with Crippen molar-refractivity contribution >= 4 is 23.7 Å². The van der Waals surface area contributed by atoms with Crippen molar-refractivity contribution in [2.45, 2.75) is 26.2 Å². The Bertz CT molecular complexity index is 495. The van der Waals surface area contributed by atoms with E-state index in [0.717, 1.165) is 24.8 Å². The Kier molecular flexibility index (Phi) is 4.43. The van der Waals surface area contributed by atoms with Gasteiger partial charge in [0.1, 0.15) is 0 Å². The molecule has 0 aliphatic carbocycles. The summed E-state index contributed by atoms with van der Waals surface area (Å²) in [5.74, 6) is -0.643. The van der Waals surface area contributed by atoms with Crippen molar-refractivity contribution in [3.63, 3.8) is 0 Å². The molecular formula is C14H16ClNO3. The number of aryl methyl sites for hydroxylation is 1. The molecule has 2 rings (SSSR count). The number of esters is 1. The monoisotopic (exact) mass is 281 g/mol. The zero-order valence-electron chi connectivity index (χ0n) is 10.8. The van der Waals surface area contributed by atoms with E-state index in [-0.39, 0.29) is 0 Å². The normalized spacial score (nSPS) is 15.2. The predicted octanol–water partition coefficient (Wildman–Crippen LogP) is 3.41. The van der Waals surface area contributed by atoms with Gasteiger partial charge in [0.15, 0.2) is 0 Å². The lowest BCUT2D eigenvalue weighted by Gasteiger charge is -2.25. The molecule has 1 heterocycles. The molecule has 0 saturated carbocycles. The van der Waals surface area contributed by atoms with Crippen LogP contribution in [0.4, 0.5) is 4.79 Å². The van der Waals surface area contributed by atoms with E-state index < -0.39 is 12.1 Å². The second-order valence-electron chi connectivity index (χ2n) is 4.66. The first kappa shape index (κ1) is 13.9. The highest BCUT2D eigenvalue weighted by Gasteiger charge is 2.22. The quantitative estimate of drug-likeness (QED) is 0.585. The zero-order valence-corrected chi connectivity index (χ0v) is 11.6. The number of rotatable bonds is 1. The SMILES string of the molecule is Cc1ccc(Cl)cc1C(=O)OC(=O)N1CCCCC1. The van der Waals surface area contributed by atoms with Crippen molar-refractivity contribution in [1.82, 2.24) is 4.90 Å². The Morgan fingerprint density at radius 2 is 1.89 bits per heavy atom. The molecular weight excluding hydrogens is 266 g/mol. The largest absolute Gasteiger partial charge is 0.417 e. The van der Waals surface area contributed by atoms with Crippen molar-refractivity contribution in [3.8, 4) is 0 Å². The van der Waals surface area contributed by atoms with Gasteiger partial charge in [0.25, 0.3) is 0 Å². The standard InChI is InChI=1S/C14H16ClNO3/c1-10-5-6-11(15)9-12(10)13(17)19-14(18)16-7-3-2-4-8-16/h5-6,9H,2-4,7-8H2,1H3. The molecule has 0 unspecified atom stereocenters. The summed E-state index contributed by atoms with van der Waals surface area (Å²) in [4.78, 5) is 25.3. The van der Waals surface area contributed by atoms with Gasteiger partial charge in [-0.15, -0.1) is 0 Å². The van der Waals surface area contributed by atoms with Gasteiger partial charge in [0, 0.05) is 18.1 Å². The third-order valence-corrected chi connectivity index (χ3v) is 3.45. The fourth-order valence-electron chi connectivity index (χ4n) is 2.09. The lowest BCUT2D eigenvalue weighted by molar-refractivity contribution is 0.0526. The Morgan fingerprint density at radius 1 is 1.21 bits per heavy atom. The molecule has 5 heteroatoms. The molecule has 1 aliphatic rings. The second kappa shape index (κ2) is 6.06. The Hall–Kier alpha value is -1.55. The summed E-state index contributed by atoms with van der Waals surface area (Å²) >= 11 is 5.84. The van der Waals surface area contributed by atoms with Gasteiger partial charge >= 0.3 is 12.1 Å². The fourth-order valence-corrected chi connectivity index (χ4v) is 2.26. The van der Waals surface area contributed by atoms with Crippen LogP contribution >= 0.6 is 11.6 Å². The van der Waals surface area contributed by atoms with E-state index >= 15 is 0 Å². The third-order valence-electron chi connectivity index (χ3n) is 3.21. The number of piperidine rings is 1. The number of ether oxygens (including phenoxy) is 1. The molecule has 1 aliphatic heterocycles. The maximum absolute atomic E-state index is 11.9. The smallest absolute Gasteiger partial charge is 0.372 e. The minimum atomic E-state index is -0.643. The number of carbonyl (C=O) groups excluding carboxylic acids is 2. The second-order valence-corrected chi connectivity index (χ2v) is 5.10. The van der Waals surface area contributed by atoms with Crippen molar-refractivity contribution in [1.29, 1.82) is 0 Å². The van der Waals surface area contributed by atoms with Gasteiger partial charge in [-0.3, -0.25) is 0 Å². The van der Waals surface area contributed by atoms with Crippen LogP contribution in [0.1, 0.15) is 35.2 Å². The molecule has 0 bridgehead atoms. The number of amides is 1. The van der Waals surface area contributed by atoms with E-state index in [1.165, 1.54) is 6.07 Å². The zero-order chi connectivity index (χ0) is 13.8. The van der Waals surface area contributed by atoms with Gasteiger partial charge in [-0.05, 0) is 43.9 Å². The lowest BCUT2D eigenvalue weighted by Crippen LogP contribution is -2.37. The lowest BCUT2D eigenvalue weighted by atomic mass is 10.1. The molecule has 0 spiro atoms. The van der Waals surface area contributed by atoms with Gasteiger partial charge in [-0.1, -0.05) is 17.7 Å². The summed E-state index contributed by atoms with van der Waals surface area (Å²) in [6.07, 6.45) is 2.47. The average Bonchev–Trinajstić information content (AvgIpc) is 2.42. The first-order valence-electron chi connectivity index (χ1n) is 6.35. The number of halogens is 1. The number of hydrogen-bond acceptors (Lipinski definition) is 3. The van der Waals surface area contributed by atoms with Gasteiger partial charge in [-0.25, -0.2) is 9.59 Å². The van der Waals surface area contributed by atoms with Crippen LogP contribution < -0.4 is 0 Å². The maximum Gasteiger partial charge on any atom is 0.417 e. The summed E-state index contributed by atoms with van der Waals surface area (Å²) in [5, 5.41) is 0.447. The molecule has 1 aromatic rings.